The van der Waals surface area contributed by atoms with Crippen LogP contribution in [0.1, 0.15) is 33.6 Å². The van der Waals surface area contributed by atoms with Crippen LogP contribution >= 0.6 is 0 Å². The summed E-state index contributed by atoms with van der Waals surface area (Å²) >= 11 is 0. The van der Waals surface area contributed by atoms with E-state index in [9.17, 15) is 9.90 Å². The lowest BCUT2D eigenvalue weighted by atomic mass is 10.0. The Hall–Kier alpha value is -0.830. The number of hydrogen-bond acceptors (Lipinski definition) is 3. The summed E-state index contributed by atoms with van der Waals surface area (Å²) < 4.78 is 4.87. The van der Waals surface area contributed by atoms with E-state index in [2.05, 4.69) is 6.58 Å². The van der Waals surface area contributed by atoms with Crippen molar-refractivity contribution in [2.45, 2.75) is 39.2 Å². The van der Waals surface area contributed by atoms with E-state index in [1.807, 2.05) is 6.92 Å². The van der Waals surface area contributed by atoms with Crippen molar-refractivity contribution in [3.8, 4) is 0 Å². The lowest BCUT2D eigenvalue weighted by Gasteiger charge is -2.18. The smallest absolute Gasteiger partial charge is 0.336 e. The molecule has 0 aliphatic heterocycles. The van der Waals surface area contributed by atoms with Crippen molar-refractivity contribution >= 4 is 5.97 Å². The quantitative estimate of drug-likeness (QED) is 0.403. The molecule has 0 amide bonds. The molecule has 3 nitrogen and oxygen atoms in total. The molecule has 0 bridgehead atoms. The molecule has 0 radical (unpaired) electrons. The predicted molar refractivity (Wildman–Crippen MR) is 51.3 cm³/mol. The number of esters is 1. The van der Waals surface area contributed by atoms with E-state index in [0.29, 0.717) is 6.61 Å². The van der Waals surface area contributed by atoms with Gasteiger partial charge in [-0.15, -0.1) is 0 Å². The van der Waals surface area contributed by atoms with Gasteiger partial charge in [-0.3, -0.25) is 0 Å². The summed E-state index contributed by atoms with van der Waals surface area (Å²) in [5, 5.41) is 9.41. The van der Waals surface area contributed by atoms with Crippen molar-refractivity contribution in [2.24, 2.45) is 0 Å². The third-order valence-corrected chi connectivity index (χ3v) is 1.72. The minimum atomic E-state index is -1.19. The number of unbranched alkanes of at least 4 members (excludes halogenated alkanes) is 1. The summed E-state index contributed by atoms with van der Waals surface area (Å²) in [6, 6.07) is 0. The van der Waals surface area contributed by atoms with Gasteiger partial charge in [0.2, 0.25) is 0 Å². The summed E-state index contributed by atoms with van der Waals surface area (Å²) in [6.45, 7) is 8.91. The highest BCUT2D eigenvalue weighted by Crippen LogP contribution is 2.14. The molecule has 1 N–H and O–H groups in total. The first-order chi connectivity index (χ1) is 5.89. The Balaban J connectivity index is 3.92. The molecule has 0 unspecified atom stereocenters. The molecule has 0 aromatic rings. The molecule has 0 saturated heterocycles. The molecule has 13 heavy (non-hydrogen) atoms. The van der Waals surface area contributed by atoms with Gasteiger partial charge in [-0.05, 0) is 20.3 Å². The van der Waals surface area contributed by atoms with E-state index in [1.165, 1.54) is 13.8 Å². The maximum Gasteiger partial charge on any atom is 0.336 e. The largest absolute Gasteiger partial charge is 0.462 e. The molecule has 0 spiro atoms. The Labute approximate surface area is 79.4 Å². The second-order valence-electron chi connectivity index (χ2n) is 3.53. The first kappa shape index (κ1) is 12.2. The number of aliphatic hydroxyl groups is 1. The number of rotatable bonds is 5. The minimum Gasteiger partial charge on any atom is -0.462 e. The van der Waals surface area contributed by atoms with Gasteiger partial charge in [0.25, 0.3) is 0 Å². The molecular formula is C10H18O3. The van der Waals surface area contributed by atoms with E-state index >= 15 is 0 Å². The maximum absolute atomic E-state index is 11.2. The van der Waals surface area contributed by atoms with Crippen molar-refractivity contribution in [3.05, 3.63) is 12.2 Å². The predicted octanol–water partition coefficient (Wildman–Crippen LogP) is 1.66. The van der Waals surface area contributed by atoms with E-state index in [0.717, 1.165) is 12.8 Å². The number of ether oxygens (including phenoxy) is 1. The third-order valence-electron chi connectivity index (χ3n) is 1.72. The van der Waals surface area contributed by atoms with Crippen LogP contribution in [-0.2, 0) is 9.53 Å². The highest BCUT2D eigenvalue weighted by Gasteiger charge is 2.24. The minimum absolute atomic E-state index is 0.101. The third kappa shape index (κ3) is 4.68. The Morgan fingerprint density at radius 3 is 2.46 bits per heavy atom. The van der Waals surface area contributed by atoms with E-state index in [1.54, 1.807) is 0 Å². The fourth-order valence-corrected chi connectivity index (χ4v) is 0.646. The number of carbonyl (C=O) groups excluding carboxylic acids is 1. The highest BCUT2D eigenvalue weighted by molar-refractivity contribution is 5.89. The highest BCUT2D eigenvalue weighted by atomic mass is 16.5. The zero-order chi connectivity index (χ0) is 10.5. The number of hydrogen-bond donors (Lipinski definition) is 1. The van der Waals surface area contributed by atoms with Crippen molar-refractivity contribution < 1.29 is 14.6 Å². The van der Waals surface area contributed by atoms with Gasteiger partial charge in [-0.25, -0.2) is 4.79 Å². The summed E-state index contributed by atoms with van der Waals surface area (Å²) in [6.07, 6.45) is 1.81. The van der Waals surface area contributed by atoms with Crippen LogP contribution in [0.15, 0.2) is 12.2 Å². The Kier molecular flexibility index (Phi) is 4.70. The van der Waals surface area contributed by atoms with Crippen LogP contribution in [0, 0.1) is 0 Å². The Morgan fingerprint density at radius 1 is 1.54 bits per heavy atom. The van der Waals surface area contributed by atoms with Crippen molar-refractivity contribution in [1.82, 2.24) is 0 Å². The zero-order valence-corrected chi connectivity index (χ0v) is 8.59. The standard InChI is InChI=1S/C10H18O3/c1-5-6-7-13-9(11)8(2)10(3,4)12/h12H,2,5-7H2,1,3-4H3. The van der Waals surface area contributed by atoms with Crippen LogP contribution in [0.4, 0.5) is 0 Å². The lowest BCUT2D eigenvalue weighted by Crippen LogP contribution is -2.28. The van der Waals surface area contributed by atoms with Crippen LogP contribution in [-0.4, -0.2) is 23.3 Å². The molecule has 76 valence electrons. The summed E-state index contributed by atoms with van der Waals surface area (Å²) in [4.78, 5) is 11.2. The van der Waals surface area contributed by atoms with E-state index in [4.69, 9.17) is 4.74 Å². The van der Waals surface area contributed by atoms with Gasteiger partial charge in [0, 0.05) is 0 Å². The second-order valence-corrected chi connectivity index (χ2v) is 3.53. The zero-order valence-electron chi connectivity index (χ0n) is 8.59. The van der Waals surface area contributed by atoms with Gasteiger partial charge in [-0.1, -0.05) is 19.9 Å². The average Bonchev–Trinajstić information content (AvgIpc) is 2.01. The molecule has 0 saturated carbocycles. The second kappa shape index (κ2) is 5.02. The molecule has 0 aromatic carbocycles. The maximum atomic E-state index is 11.2. The van der Waals surface area contributed by atoms with Gasteiger partial charge in [0.1, 0.15) is 0 Å². The molecule has 0 fully saturated rings. The molecule has 3 heteroatoms. The molecule has 0 aliphatic rings. The van der Waals surface area contributed by atoms with Crippen LogP contribution < -0.4 is 0 Å². The molecule has 0 atom stereocenters. The number of carbonyl (C=O) groups is 1. The molecule has 0 aromatic heterocycles. The summed E-state index contributed by atoms with van der Waals surface area (Å²) in [5.74, 6) is -0.513. The van der Waals surface area contributed by atoms with Crippen molar-refractivity contribution in [2.75, 3.05) is 6.61 Å². The van der Waals surface area contributed by atoms with Crippen LogP contribution in [0.3, 0.4) is 0 Å². The summed E-state index contributed by atoms with van der Waals surface area (Å²) in [5.41, 5.74) is -1.09. The van der Waals surface area contributed by atoms with Gasteiger partial charge in [0.05, 0.1) is 17.8 Å². The summed E-state index contributed by atoms with van der Waals surface area (Å²) in [7, 11) is 0. The Bertz CT molecular complexity index is 189. The Morgan fingerprint density at radius 2 is 2.08 bits per heavy atom. The van der Waals surface area contributed by atoms with Gasteiger partial charge >= 0.3 is 5.97 Å². The average molecular weight is 186 g/mol. The van der Waals surface area contributed by atoms with Crippen molar-refractivity contribution in [3.63, 3.8) is 0 Å². The fourth-order valence-electron chi connectivity index (χ4n) is 0.646. The molecule has 0 heterocycles. The topological polar surface area (TPSA) is 46.5 Å². The first-order valence-electron chi connectivity index (χ1n) is 4.48. The van der Waals surface area contributed by atoms with Crippen LogP contribution in [0.25, 0.3) is 0 Å². The monoisotopic (exact) mass is 186 g/mol. The fraction of sp³-hybridized carbons (Fsp3) is 0.700. The van der Waals surface area contributed by atoms with Gasteiger partial charge < -0.3 is 9.84 Å². The molecule has 0 aliphatic carbocycles. The van der Waals surface area contributed by atoms with Crippen LogP contribution in [0.2, 0.25) is 0 Å². The molecule has 0 rings (SSSR count). The lowest BCUT2D eigenvalue weighted by molar-refractivity contribution is -0.141. The normalized spacial score (nSPS) is 11.1. The molecular weight excluding hydrogens is 168 g/mol. The first-order valence-corrected chi connectivity index (χ1v) is 4.48. The van der Waals surface area contributed by atoms with Gasteiger partial charge in [-0.2, -0.15) is 0 Å². The van der Waals surface area contributed by atoms with Crippen molar-refractivity contribution in [1.29, 1.82) is 0 Å². The van der Waals surface area contributed by atoms with E-state index in [-0.39, 0.29) is 5.57 Å². The SMILES string of the molecule is C=C(C(=O)OCCCC)C(C)(C)O. The van der Waals surface area contributed by atoms with Crippen LogP contribution in [0.5, 0.6) is 0 Å². The van der Waals surface area contributed by atoms with Gasteiger partial charge in [0.15, 0.2) is 0 Å². The van der Waals surface area contributed by atoms with E-state index < -0.39 is 11.6 Å².